The maximum Gasteiger partial charge on any atom is 0.435 e. The predicted molar refractivity (Wildman–Crippen MR) is 261 cm³/mol. The molecule has 14 nitrogen and oxygen atoms in total. The van der Waals surface area contributed by atoms with Gasteiger partial charge in [0.25, 0.3) is 28.8 Å². The van der Waals surface area contributed by atoms with Gasteiger partial charge in [0.05, 0.1) is 27.3 Å². The van der Waals surface area contributed by atoms with Gasteiger partial charge in [-0.1, -0.05) is 76.5 Å². The zero-order valence-electron chi connectivity index (χ0n) is 38.2. The van der Waals surface area contributed by atoms with E-state index in [1.54, 1.807) is 76.2 Å². The second-order valence-electron chi connectivity index (χ2n) is 15.9. The number of anilines is 2. The van der Waals surface area contributed by atoms with Crippen molar-refractivity contribution in [2.24, 2.45) is 10.3 Å². The average molecular weight is 1040 g/mol. The molecule has 0 radical (unpaired) electrons. The van der Waals surface area contributed by atoms with E-state index in [4.69, 9.17) is 33.2 Å². The van der Waals surface area contributed by atoms with E-state index >= 15 is 0 Å². The van der Waals surface area contributed by atoms with Gasteiger partial charge >= 0.3 is 12.4 Å². The standard InChI is InChI=1S/C25H19ClF3N3O4.C18H15F3N2O3.C7H6ClNO/c1-14-10-18(11-15(2)22(14)30-23(33)17-4-3-5-20(12-17)32(34)35)24(25(27,28)29)13-21(31-36-24)16-6-8-19(26)9-7-16;1-10-7-14(12(3)18(19,20)21)8-11(2)16(10)22-17(24)13-5-4-6-15(9-13)23(25)26;8-7-3-1-6(2-4-7)5-9-10/h3-12H,13H2,1-2H3,(H,30,33);4-9H,3H2,1-2H3,(H,22,24);1-5,10H. The van der Waals surface area contributed by atoms with Crippen LogP contribution in [0.25, 0.3) is 5.57 Å². The third kappa shape index (κ3) is 13.4. The summed E-state index contributed by atoms with van der Waals surface area (Å²) >= 11 is 11.5. The first-order chi connectivity index (χ1) is 33.7. The molecule has 0 aliphatic carbocycles. The second kappa shape index (κ2) is 22.8. The van der Waals surface area contributed by atoms with E-state index in [9.17, 15) is 56.2 Å². The van der Waals surface area contributed by atoms with Crippen molar-refractivity contribution in [1.29, 1.82) is 0 Å². The van der Waals surface area contributed by atoms with Gasteiger partial charge in [-0.3, -0.25) is 29.8 Å². The summed E-state index contributed by atoms with van der Waals surface area (Å²) in [6.45, 7) is 9.29. The first-order valence-corrected chi connectivity index (χ1v) is 21.6. The lowest BCUT2D eigenvalue weighted by Crippen LogP contribution is -2.42. The predicted octanol–water partition coefficient (Wildman–Crippen LogP) is 13.9. The lowest BCUT2D eigenvalue weighted by molar-refractivity contribution is -0.385. The van der Waals surface area contributed by atoms with Crippen molar-refractivity contribution < 1.29 is 55.8 Å². The van der Waals surface area contributed by atoms with Gasteiger partial charge < -0.3 is 20.7 Å². The quantitative estimate of drug-likeness (QED) is 0.0396. The van der Waals surface area contributed by atoms with Gasteiger partial charge in [0.2, 0.25) is 0 Å². The fourth-order valence-corrected chi connectivity index (χ4v) is 7.35. The van der Waals surface area contributed by atoms with Gasteiger partial charge in [0, 0.05) is 68.8 Å². The van der Waals surface area contributed by atoms with Crippen molar-refractivity contribution in [3.05, 3.63) is 214 Å². The molecule has 72 heavy (non-hydrogen) atoms. The minimum Gasteiger partial charge on any atom is -0.411 e. The summed E-state index contributed by atoms with van der Waals surface area (Å²) in [6.07, 6.45) is -8.54. The van der Waals surface area contributed by atoms with Crippen LogP contribution in [0, 0.1) is 47.9 Å². The van der Waals surface area contributed by atoms with Crippen LogP contribution < -0.4 is 10.6 Å². The smallest absolute Gasteiger partial charge is 0.411 e. The van der Waals surface area contributed by atoms with Crippen LogP contribution in [0.2, 0.25) is 10.0 Å². The van der Waals surface area contributed by atoms with Crippen LogP contribution >= 0.6 is 23.2 Å². The number of alkyl halides is 6. The molecule has 1 aliphatic heterocycles. The van der Waals surface area contributed by atoms with Crippen LogP contribution in [0.5, 0.6) is 0 Å². The maximum atomic E-state index is 14.4. The van der Waals surface area contributed by atoms with E-state index in [1.807, 2.05) is 0 Å². The minimum atomic E-state index is -4.79. The van der Waals surface area contributed by atoms with Crippen LogP contribution in [0.15, 0.2) is 138 Å². The summed E-state index contributed by atoms with van der Waals surface area (Å²) in [5.74, 6) is -1.23. The summed E-state index contributed by atoms with van der Waals surface area (Å²) in [5, 5.41) is 42.9. The monoisotopic (exact) mass is 1040 g/mol. The first kappa shape index (κ1) is 54.8. The number of nitro benzene ring substituents is 2. The number of carbonyl (C=O) groups excluding carboxylic acids is 2. The average Bonchev–Trinajstić information content (AvgIpc) is 3.80. The number of benzene rings is 6. The Morgan fingerprint density at radius 2 is 1.14 bits per heavy atom. The summed E-state index contributed by atoms with van der Waals surface area (Å²) in [6, 6.07) is 28.7. The van der Waals surface area contributed by atoms with Crippen LogP contribution in [-0.4, -0.2) is 51.1 Å². The highest BCUT2D eigenvalue weighted by Gasteiger charge is 2.62. The molecular weight excluding hydrogens is 997 g/mol. The van der Waals surface area contributed by atoms with Crippen molar-refractivity contribution >= 4 is 75.3 Å². The molecule has 2 amide bonds. The highest BCUT2D eigenvalue weighted by molar-refractivity contribution is 6.31. The molecule has 6 aromatic carbocycles. The number of aryl methyl sites for hydroxylation is 4. The van der Waals surface area contributed by atoms with E-state index in [1.165, 1.54) is 66.9 Å². The number of hydrogen-bond acceptors (Lipinski definition) is 10. The summed E-state index contributed by atoms with van der Waals surface area (Å²) in [4.78, 5) is 50.7. The molecule has 0 saturated heterocycles. The fourth-order valence-electron chi connectivity index (χ4n) is 7.10. The number of nitro groups is 2. The molecule has 0 fully saturated rings. The second-order valence-corrected chi connectivity index (χ2v) is 16.8. The molecule has 1 atom stereocenters. The molecular formula is C50H40Cl2F6N6O8. The van der Waals surface area contributed by atoms with Crippen LogP contribution in [0.1, 0.15) is 71.6 Å². The molecule has 1 heterocycles. The van der Waals surface area contributed by atoms with Crippen LogP contribution in [0.3, 0.4) is 0 Å². The Bertz CT molecular complexity index is 3070. The Morgan fingerprint density at radius 3 is 1.54 bits per heavy atom. The molecule has 0 saturated carbocycles. The number of halogens is 8. The minimum absolute atomic E-state index is 0.0407. The van der Waals surface area contributed by atoms with Crippen LogP contribution in [-0.2, 0) is 10.4 Å². The zero-order valence-corrected chi connectivity index (χ0v) is 39.7. The topological polar surface area (TPSA) is 199 Å². The molecule has 374 valence electrons. The van der Waals surface area contributed by atoms with Gasteiger partial charge in [-0.2, -0.15) is 26.3 Å². The van der Waals surface area contributed by atoms with Crippen molar-refractivity contribution in [1.82, 2.24) is 0 Å². The largest absolute Gasteiger partial charge is 0.435 e. The molecule has 3 N–H and O–H groups in total. The normalized spacial score (nSPS) is 14.1. The number of hydrogen-bond donors (Lipinski definition) is 3. The van der Waals surface area contributed by atoms with Gasteiger partial charge in [0.1, 0.15) is 0 Å². The number of carbonyl (C=O) groups is 2. The summed E-state index contributed by atoms with van der Waals surface area (Å²) in [5.41, 5.74) is -0.691. The number of allylic oxidation sites excluding steroid dienone is 1. The lowest BCUT2D eigenvalue weighted by atomic mass is 9.84. The van der Waals surface area contributed by atoms with Gasteiger partial charge in [0.15, 0.2) is 0 Å². The SMILES string of the molecule is C=C(c1cc(C)c(NC(=O)c2cccc([N+](=O)[O-])c2)c(C)c1)C(F)(F)F.Cc1cc(C2(C(F)(F)F)CC(c3ccc(Cl)cc3)=NO2)cc(C)c1NC(=O)c1cccc([N+](=O)[O-])c1.ON=Cc1ccc(Cl)cc1. The molecule has 0 aromatic heterocycles. The molecule has 7 rings (SSSR count). The molecule has 22 heteroatoms. The van der Waals surface area contributed by atoms with E-state index < -0.39 is 51.6 Å². The van der Waals surface area contributed by atoms with Gasteiger partial charge in [-0.25, -0.2) is 0 Å². The Hall–Kier alpha value is -8.10. The summed E-state index contributed by atoms with van der Waals surface area (Å²) in [7, 11) is 0. The van der Waals surface area contributed by atoms with E-state index in [0.29, 0.717) is 49.2 Å². The molecule has 1 aliphatic rings. The highest BCUT2D eigenvalue weighted by Crippen LogP contribution is 2.50. The molecule has 0 bridgehead atoms. The fraction of sp³-hybridized carbons (Fsp3) is 0.160. The van der Waals surface area contributed by atoms with E-state index in [0.717, 1.165) is 17.7 Å². The maximum absolute atomic E-state index is 14.4. The Kier molecular flexibility index (Phi) is 17.3. The molecule has 0 spiro atoms. The lowest BCUT2D eigenvalue weighted by Gasteiger charge is -2.30. The Balaban J connectivity index is 0.000000232. The number of oxime groups is 2. The summed E-state index contributed by atoms with van der Waals surface area (Å²) < 4.78 is 81.7. The first-order valence-electron chi connectivity index (χ1n) is 20.9. The van der Waals surface area contributed by atoms with Crippen LogP contribution in [0.4, 0.5) is 49.1 Å². The van der Waals surface area contributed by atoms with Crippen molar-refractivity contribution in [2.45, 2.75) is 52.1 Å². The van der Waals surface area contributed by atoms with Gasteiger partial charge in [-0.05, 0) is 127 Å². The highest BCUT2D eigenvalue weighted by atomic mass is 35.5. The van der Waals surface area contributed by atoms with E-state index in [-0.39, 0.29) is 39.3 Å². The van der Waals surface area contributed by atoms with E-state index in [2.05, 4.69) is 27.5 Å². The number of nitrogens with zero attached hydrogens (tertiary/aromatic N) is 4. The molecule has 1 unspecified atom stereocenters. The number of nitrogens with one attached hydrogen (secondary N) is 2. The third-order valence-corrected chi connectivity index (χ3v) is 11.3. The Morgan fingerprint density at radius 1 is 0.708 bits per heavy atom. The Labute approximate surface area is 416 Å². The molecule has 6 aromatic rings. The van der Waals surface area contributed by atoms with Crippen molar-refractivity contribution in [3.8, 4) is 0 Å². The number of amides is 2. The zero-order chi connectivity index (χ0) is 53.3. The van der Waals surface area contributed by atoms with Crippen molar-refractivity contribution in [3.63, 3.8) is 0 Å². The van der Waals surface area contributed by atoms with Gasteiger partial charge in [-0.15, -0.1) is 0 Å². The number of rotatable bonds is 10. The van der Waals surface area contributed by atoms with Crippen molar-refractivity contribution in [2.75, 3.05) is 10.6 Å². The number of non-ortho nitro benzene ring substituents is 2. The third-order valence-electron chi connectivity index (χ3n) is 10.8.